The smallest absolute Gasteiger partial charge is 0.414 e. The number of halogens is 3. The molecular weight excluding hydrogens is 313 g/mol. The fourth-order valence-corrected chi connectivity index (χ4v) is 1.66. The van der Waals surface area contributed by atoms with E-state index in [1.165, 1.54) is 0 Å². The summed E-state index contributed by atoms with van der Waals surface area (Å²) in [5.74, 6) is 0.665. The molecule has 8 heteroatoms. The van der Waals surface area contributed by atoms with Crippen LogP contribution in [0.4, 0.5) is 18.0 Å². The molecule has 1 aromatic rings. The molecule has 1 aromatic carbocycles. The van der Waals surface area contributed by atoms with Crippen LogP contribution in [0.5, 0.6) is 5.75 Å². The van der Waals surface area contributed by atoms with E-state index in [0.717, 1.165) is 5.56 Å². The lowest BCUT2D eigenvalue weighted by Crippen LogP contribution is -2.44. The van der Waals surface area contributed by atoms with Crippen LogP contribution in [-0.4, -0.2) is 42.6 Å². The number of hydrogen-bond donors (Lipinski definition) is 3. The van der Waals surface area contributed by atoms with Crippen LogP contribution in [0.3, 0.4) is 0 Å². The lowest BCUT2D eigenvalue weighted by molar-refractivity contribution is -0.204. The first kappa shape index (κ1) is 19.1. The van der Waals surface area contributed by atoms with Crippen LogP contribution in [0.25, 0.3) is 0 Å². The maximum absolute atomic E-state index is 12.1. The molecule has 23 heavy (non-hydrogen) atoms. The van der Waals surface area contributed by atoms with E-state index in [1.54, 1.807) is 19.1 Å². The Kier molecular flexibility index (Phi) is 7.15. The highest BCUT2D eigenvalue weighted by Crippen LogP contribution is 2.21. The number of aliphatic hydroxyl groups is 1. The van der Waals surface area contributed by atoms with Crippen molar-refractivity contribution in [1.29, 1.82) is 0 Å². The van der Waals surface area contributed by atoms with E-state index in [1.807, 2.05) is 19.1 Å². The van der Waals surface area contributed by atoms with Gasteiger partial charge in [-0.05, 0) is 32.4 Å². The van der Waals surface area contributed by atoms with Crippen molar-refractivity contribution in [3.63, 3.8) is 0 Å². The molecule has 130 valence electrons. The number of carbonyl (C=O) groups is 1. The average Bonchev–Trinajstić information content (AvgIpc) is 2.45. The zero-order chi connectivity index (χ0) is 17.5. The lowest BCUT2D eigenvalue weighted by atomic mass is 10.2. The molecule has 0 radical (unpaired) electrons. The molecule has 5 nitrogen and oxygen atoms in total. The Bertz CT molecular complexity index is 492. The van der Waals surface area contributed by atoms with Gasteiger partial charge in [0.2, 0.25) is 0 Å². The molecular formula is C15H21F3N2O3. The van der Waals surface area contributed by atoms with Crippen LogP contribution in [0.15, 0.2) is 24.3 Å². The fraction of sp³-hybridized carbons (Fsp3) is 0.533. The number of nitrogens with one attached hydrogen (secondary N) is 2. The number of ether oxygens (including phenoxy) is 1. The van der Waals surface area contributed by atoms with Gasteiger partial charge >= 0.3 is 12.2 Å². The van der Waals surface area contributed by atoms with E-state index < -0.39 is 24.7 Å². The Balaban J connectivity index is 2.22. The molecule has 0 aliphatic rings. The minimum Gasteiger partial charge on any atom is -0.491 e. The van der Waals surface area contributed by atoms with Gasteiger partial charge in [-0.1, -0.05) is 17.7 Å². The number of urea groups is 1. The van der Waals surface area contributed by atoms with Crippen molar-refractivity contribution in [2.75, 3.05) is 13.2 Å². The van der Waals surface area contributed by atoms with E-state index in [4.69, 9.17) is 9.84 Å². The summed E-state index contributed by atoms with van der Waals surface area (Å²) in [6, 6.07) is 6.46. The normalized spacial score (nSPS) is 14.0. The molecule has 0 bridgehead atoms. The summed E-state index contributed by atoms with van der Waals surface area (Å²) in [5.41, 5.74) is 1.10. The number of carbonyl (C=O) groups excluding carboxylic acids is 1. The first-order valence-electron chi connectivity index (χ1n) is 7.17. The van der Waals surface area contributed by atoms with Gasteiger partial charge in [0.1, 0.15) is 12.4 Å². The third kappa shape index (κ3) is 7.73. The third-order valence-corrected chi connectivity index (χ3v) is 2.98. The number of aryl methyl sites for hydroxylation is 1. The van der Waals surface area contributed by atoms with Gasteiger partial charge in [0.15, 0.2) is 6.10 Å². The number of aliphatic hydroxyl groups excluding tert-OH is 1. The maximum Gasteiger partial charge on any atom is 0.414 e. The van der Waals surface area contributed by atoms with Crippen LogP contribution in [0, 0.1) is 6.92 Å². The molecule has 0 fully saturated rings. The highest BCUT2D eigenvalue weighted by Gasteiger charge is 2.37. The Labute approximate surface area is 132 Å². The lowest BCUT2D eigenvalue weighted by Gasteiger charge is -2.17. The predicted octanol–water partition coefficient (Wildman–Crippen LogP) is 2.37. The van der Waals surface area contributed by atoms with Gasteiger partial charge in [-0.3, -0.25) is 0 Å². The second-order valence-corrected chi connectivity index (χ2v) is 5.27. The van der Waals surface area contributed by atoms with Crippen LogP contribution in [0.2, 0.25) is 0 Å². The second kappa shape index (κ2) is 8.61. The van der Waals surface area contributed by atoms with Crippen LogP contribution < -0.4 is 15.4 Å². The number of alkyl halides is 3. The number of benzene rings is 1. The van der Waals surface area contributed by atoms with E-state index in [2.05, 4.69) is 10.6 Å². The number of amides is 2. The summed E-state index contributed by atoms with van der Waals surface area (Å²) in [7, 11) is 0. The molecule has 0 aromatic heterocycles. The van der Waals surface area contributed by atoms with Crippen molar-refractivity contribution in [2.45, 2.75) is 38.6 Å². The third-order valence-electron chi connectivity index (χ3n) is 2.98. The van der Waals surface area contributed by atoms with Crippen molar-refractivity contribution in [1.82, 2.24) is 10.6 Å². The molecule has 3 N–H and O–H groups in total. The fourth-order valence-electron chi connectivity index (χ4n) is 1.66. The summed E-state index contributed by atoms with van der Waals surface area (Å²) in [4.78, 5) is 11.5. The summed E-state index contributed by atoms with van der Waals surface area (Å²) >= 11 is 0. The van der Waals surface area contributed by atoms with Crippen molar-refractivity contribution in [3.05, 3.63) is 29.8 Å². The van der Waals surface area contributed by atoms with Crippen molar-refractivity contribution in [3.8, 4) is 5.75 Å². The molecule has 1 rings (SSSR count). The Morgan fingerprint density at radius 2 is 1.91 bits per heavy atom. The van der Waals surface area contributed by atoms with Gasteiger partial charge in [0.25, 0.3) is 0 Å². The highest BCUT2D eigenvalue weighted by atomic mass is 19.4. The maximum atomic E-state index is 12.1. The number of rotatable bonds is 7. The first-order chi connectivity index (χ1) is 10.7. The van der Waals surface area contributed by atoms with E-state index in [0.29, 0.717) is 5.75 Å². The highest BCUT2D eigenvalue weighted by molar-refractivity contribution is 5.74. The van der Waals surface area contributed by atoms with Gasteiger partial charge < -0.3 is 20.5 Å². The van der Waals surface area contributed by atoms with Crippen LogP contribution >= 0.6 is 0 Å². The topological polar surface area (TPSA) is 70.6 Å². The summed E-state index contributed by atoms with van der Waals surface area (Å²) in [5, 5.41) is 13.6. The average molecular weight is 334 g/mol. The largest absolute Gasteiger partial charge is 0.491 e. The van der Waals surface area contributed by atoms with Gasteiger partial charge in [0, 0.05) is 6.54 Å². The quantitative estimate of drug-likeness (QED) is 0.717. The molecule has 2 atom stereocenters. The van der Waals surface area contributed by atoms with Crippen molar-refractivity contribution in [2.24, 2.45) is 0 Å². The summed E-state index contributed by atoms with van der Waals surface area (Å²) < 4.78 is 41.7. The van der Waals surface area contributed by atoms with Crippen LogP contribution in [0.1, 0.15) is 18.9 Å². The Morgan fingerprint density at radius 3 is 2.48 bits per heavy atom. The van der Waals surface area contributed by atoms with Gasteiger partial charge in [-0.2, -0.15) is 13.2 Å². The van der Waals surface area contributed by atoms with Crippen LogP contribution in [-0.2, 0) is 0 Å². The van der Waals surface area contributed by atoms with Gasteiger partial charge in [0.05, 0.1) is 6.04 Å². The molecule has 2 unspecified atom stereocenters. The van der Waals surface area contributed by atoms with E-state index in [-0.39, 0.29) is 19.2 Å². The molecule has 0 aliphatic heterocycles. The predicted molar refractivity (Wildman–Crippen MR) is 79.3 cm³/mol. The zero-order valence-electron chi connectivity index (χ0n) is 13.0. The molecule has 0 aliphatic carbocycles. The summed E-state index contributed by atoms with van der Waals surface area (Å²) in [6.45, 7) is 3.60. The molecule has 0 saturated carbocycles. The Morgan fingerprint density at radius 1 is 1.30 bits per heavy atom. The van der Waals surface area contributed by atoms with E-state index in [9.17, 15) is 18.0 Å². The first-order valence-corrected chi connectivity index (χ1v) is 7.17. The molecule has 2 amide bonds. The minimum atomic E-state index is -4.67. The minimum absolute atomic E-state index is 0.224. The van der Waals surface area contributed by atoms with Crippen molar-refractivity contribution >= 4 is 6.03 Å². The molecule has 0 heterocycles. The zero-order valence-corrected chi connectivity index (χ0v) is 13.0. The molecule has 0 spiro atoms. The van der Waals surface area contributed by atoms with Gasteiger partial charge in [-0.15, -0.1) is 0 Å². The standard InChI is InChI=1S/C15H21F3N2O3/c1-10-3-5-12(6-4-10)23-9-11(2)20-14(22)19-8-7-13(21)15(16,17)18/h3-6,11,13,21H,7-9H2,1-2H3,(H2,19,20,22). The SMILES string of the molecule is Cc1ccc(OCC(C)NC(=O)NCCC(O)C(F)(F)F)cc1. The monoisotopic (exact) mass is 334 g/mol. The summed E-state index contributed by atoms with van der Waals surface area (Å²) in [6.07, 6.45) is -7.71. The second-order valence-electron chi connectivity index (χ2n) is 5.27. The van der Waals surface area contributed by atoms with Crippen molar-refractivity contribution < 1.29 is 27.8 Å². The molecule has 0 saturated heterocycles. The Hall–Kier alpha value is -1.96. The van der Waals surface area contributed by atoms with Gasteiger partial charge in [-0.25, -0.2) is 4.79 Å². The van der Waals surface area contributed by atoms with E-state index >= 15 is 0 Å². The number of hydrogen-bond acceptors (Lipinski definition) is 3.